The predicted octanol–water partition coefficient (Wildman–Crippen LogP) is 5.07. The van der Waals surface area contributed by atoms with Gasteiger partial charge in [-0.25, -0.2) is 4.99 Å². The molecule has 0 fully saturated rings. The van der Waals surface area contributed by atoms with Gasteiger partial charge < -0.3 is 16.0 Å². The summed E-state index contributed by atoms with van der Waals surface area (Å²) in [5.74, 6) is 0. The Morgan fingerprint density at radius 2 is 1.89 bits per heavy atom. The minimum Gasteiger partial charge on any atom is -0.390 e. The molecular formula is C23H38N4S. The van der Waals surface area contributed by atoms with E-state index in [0.29, 0.717) is 0 Å². The fourth-order valence-corrected chi connectivity index (χ4v) is 3.41. The number of hydrogen-bond donors (Lipinski definition) is 3. The summed E-state index contributed by atoms with van der Waals surface area (Å²) in [7, 11) is 0. The Balaban J connectivity index is 0.000000292. The molecule has 3 N–H and O–H groups in total. The van der Waals surface area contributed by atoms with Crippen LogP contribution in [0.15, 0.2) is 52.0 Å². The third-order valence-electron chi connectivity index (χ3n) is 4.78. The molecule has 0 heterocycles. The molecule has 1 aliphatic carbocycles. The molecule has 1 aromatic rings. The first-order chi connectivity index (χ1) is 13.5. The molecule has 5 heteroatoms. The maximum Gasteiger partial charge on any atom is 0.0856 e. The average molecular weight is 403 g/mol. The molecule has 156 valence electrons. The molecule has 0 spiro atoms. The van der Waals surface area contributed by atoms with E-state index in [1.165, 1.54) is 42.4 Å². The summed E-state index contributed by atoms with van der Waals surface area (Å²) in [5, 5.41) is 3.44. The van der Waals surface area contributed by atoms with Crippen molar-refractivity contribution in [1.29, 1.82) is 0 Å². The number of aliphatic imine (C=N–C) groups is 1. The largest absolute Gasteiger partial charge is 0.390 e. The van der Waals surface area contributed by atoms with E-state index in [4.69, 9.17) is 5.73 Å². The first kappa shape index (κ1) is 24.3. The molecule has 28 heavy (non-hydrogen) atoms. The normalized spacial score (nSPS) is 14.0. The van der Waals surface area contributed by atoms with Crippen LogP contribution in [0.3, 0.4) is 0 Å². The lowest BCUT2D eigenvalue weighted by molar-refractivity contribution is 0.654. The number of nitrogens with two attached hydrogens (primary N) is 1. The lowest BCUT2D eigenvalue weighted by atomic mass is 9.96. The van der Waals surface area contributed by atoms with E-state index in [1.807, 2.05) is 0 Å². The first-order valence-electron chi connectivity index (χ1n) is 10.4. The van der Waals surface area contributed by atoms with Crippen LogP contribution in [-0.4, -0.2) is 32.5 Å². The van der Waals surface area contributed by atoms with E-state index in [1.54, 1.807) is 0 Å². The maximum atomic E-state index is 5.24. The van der Waals surface area contributed by atoms with Gasteiger partial charge in [0.1, 0.15) is 0 Å². The number of allylic oxidation sites excluding steroid dienone is 2. The lowest BCUT2D eigenvalue weighted by Crippen LogP contribution is -2.32. The van der Waals surface area contributed by atoms with E-state index in [2.05, 4.69) is 79.5 Å². The molecule has 0 aliphatic heterocycles. The smallest absolute Gasteiger partial charge is 0.0856 e. The Labute approximate surface area is 177 Å². The molecule has 4 nitrogen and oxygen atoms in total. The molecule has 0 unspecified atom stereocenters. The molecule has 0 amide bonds. The van der Waals surface area contributed by atoms with Gasteiger partial charge in [-0.15, -0.1) is 12.6 Å². The van der Waals surface area contributed by atoms with Gasteiger partial charge in [-0.05, 0) is 70.2 Å². The van der Waals surface area contributed by atoms with Crippen molar-refractivity contribution in [3.63, 3.8) is 0 Å². The summed E-state index contributed by atoms with van der Waals surface area (Å²) < 4.78 is 0. The summed E-state index contributed by atoms with van der Waals surface area (Å²) in [5.41, 5.74) is 10.1. The van der Waals surface area contributed by atoms with Crippen LogP contribution in [0.4, 0.5) is 5.69 Å². The van der Waals surface area contributed by atoms with E-state index < -0.39 is 0 Å². The number of benzene rings is 1. The van der Waals surface area contributed by atoms with E-state index in [0.717, 1.165) is 49.6 Å². The van der Waals surface area contributed by atoms with Crippen LogP contribution in [0.2, 0.25) is 0 Å². The lowest BCUT2D eigenvalue weighted by Gasteiger charge is -2.23. The summed E-state index contributed by atoms with van der Waals surface area (Å²) in [4.78, 5) is 7.34. The van der Waals surface area contributed by atoms with Gasteiger partial charge in [0.25, 0.3) is 0 Å². The minimum atomic E-state index is 0.829. The SMILES string of the molecule is C=C(S)C1=C(N=CN)CCCC1.CCCNCCN(CC)c1ccc(C)cc1. The number of anilines is 1. The first-order valence-corrected chi connectivity index (χ1v) is 10.8. The standard InChI is InChI=1S/C14H24N2.C9H14N2S/c1-4-10-15-11-12-16(5-2)14-8-6-13(3)7-9-14;1-7(12)8-4-2-3-5-9(8)11-6-10/h6-9,15H,4-5,10-12H2,1-3H3;6,12H,1-5H2,(H2,10,11). The second-order valence-corrected chi connectivity index (χ2v) is 7.56. The van der Waals surface area contributed by atoms with Crippen LogP contribution in [0, 0.1) is 6.92 Å². The second kappa shape index (κ2) is 14.3. The van der Waals surface area contributed by atoms with E-state index in [9.17, 15) is 0 Å². The molecule has 0 bridgehead atoms. The number of nitrogens with zero attached hydrogens (tertiary/aromatic N) is 2. The Morgan fingerprint density at radius 3 is 2.46 bits per heavy atom. The third kappa shape index (κ3) is 8.98. The van der Waals surface area contributed by atoms with Crippen molar-refractivity contribution in [1.82, 2.24) is 5.32 Å². The fraction of sp³-hybridized carbons (Fsp3) is 0.522. The van der Waals surface area contributed by atoms with Crippen molar-refractivity contribution < 1.29 is 0 Å². The molecular weight excluding hydrogens is 364 g/mol. The number of thiol groups is 1. The molecule has 0 saturated carbocycles. The third-order valence-corrected chi connectivity index (χ3v) is 5.05. The minimum absolute atomic E-state index is 0.829. The predicted molar refractivity (Wildman–Crippen MR) is 129 cm³/mol. The molecule has 2 rings (SSSR count). The van der Waals surface area contributed by atoms with Crippen molar-refractivity contribution in [2.45, 2.75) is 52.9 Å². The topological polar surface area (TPSA) is 53.6 Å². The molecule has 1 aromatic carbocycles. The summed E-state index contributed by atoms with van der Waals surface area (Å²) >= 11 is 4.23. The van der Waals surface area contributed by atoms with Crippen LogP contribution >= 0.6 is 12.6 Å². The van der Waals surface area contributed by atoms with Crippen molar-refractivity contribution in [2.75, 3.05) is 31.1 Å². The monoisotopic (exact) mass is 402 g/mol. The van der Waals surface area contributed by atoms with Crippen LogP contribution in [0.25, 0.3) is 0 Å². The van der Waals surface area contributed by atoms with E-state index >= 15 is 0 Å². The number of hydrogen-bond acceptors (Lipinski definition) is 4. The molecule has 0 atom stereocenters. The zero-order valence-corrected chi connectivity index (χ0v) is 18.8. The Hall–Kier alpha value is -1.72. The molecule has 0 radical (unpaired) electrons. The second-order valence-electron chi connectivity index (χ2n) is 7.02. The van der Waals surface area contributed by atoms with Gasteiger partial charge in [0.2, 0.25) is 0 Å². The van der Waals surface area contributed by atoms with Gasteiger partial charge in [0, 0.05) is 35.9 Å². The van der Waals surface area contributed by atoms with Crippen LogP contribution in [-0.2, 0) is 0 Å². The van der Waals surface area contributed by atoms with Gasteiger partial charge in [-0.1, -0.05) is 31.2 Å². The van der Waals surface area contributed by atoms with Gasteiger partial charge in [0.05, 0.1) is 6.34 Å². The Bertz CT molecular complexity index is 635. The fourth-order valence-electron chi connectivity index (χ4n) is 3.17. The summed E-state index contributed by atoms with van der Waals surface area (Å²) in [6, 6.07) is 8.77. The highest BCUT2D eigenvalue weighted by Crippen LogP contribution is 2.30. The number of rotatable bonds is 9. The van der Waals surface area contributed by atoms with Gasteiger partial charge >= 0.3 is 0 Å². The average Bonchev–Trinajstić information content (AvgIpc) is 2.70. The van der Waals surface area contributed by atoms with Crippen LogP contribution < -0.4 is 16.0 Å². The summed E-state index contributed by atoms with van der Waals surface area (Å²) in [6.07, 6.45) is 6.99. The van der Waals surface area contributed by atoms with Gasteiger partial charge in [-0.3, -0.25) is 0 Å². The zero-order valence-electron chi connectivity index (χ0n) is 17.9. The van der Waals surface area contributed by atoms with Gasteiger partial charge in [0.15, 0.2) is 0 Å². The number of aryl methyl sites for hydroxylation is 1. The van der Waals surface area contributed by atoms with Crippen molar-refractivity contribution in [2.24, 2.45) is 10.7 Å². The molecule has 0 aromatic heterocycles. The van der Waals surface area contributed by atoms with Crippen molar-refractivity contribution in [3.8, 4) is 0 Å². The highest BCUT2D eigenvalue weighted by Gasteiger charge is 2.12. The maximum absolute atomic E-state index is 5.24. The zero-order chi connectivity index (χ0) is 20.8. The van der Waals surface area contributed by atoms with Crippen molar-refractivity contribution >= 4 is 24.7 Å². The number of likely N-dealkylation sites (N-methyl/N-ethyl adjacent to an activating group) is 1. The highest BCUT2D eigenvalue weighted by atomic mass is 32.1. The Kier molecular flexibility index (Phi) is 12.4. The van der Waals surface area contributed by atoms with Crippen LogP contribution in [0.1, 0.15) is 51.5 Å². The summed E-state index contributed by atoms with van der Waals surface area (Å²) in [6.45, 7) is 14.7. The molecule has 0 saturated heterocycles. The molecule has 1 aliphatic rings. The number of nitrogens with one attached hydrogen (secondary N) is 1. The van der Waals surface area contributed by atoms with Gasteiger partial charge in [-0.2, -0.15) is 0 Å². The van der Waals surface area contributed by atoms with Crippen molar-refractivity contribution in [3.05, 3.63) is 52.6 Å². The van der Waals surface area contributed by atoms with E-state index in [-0.39, 0.29) is 0 Å². The van der Waals surface area contributed by atoms with Crippen LogP contribution in [0.5, 0.6) is 0 Å². The Morgan fingerprint density at radius 1 is 1.21 bits per heavy atom. The quantitative estimate of drug-likeness (QED) is 0.234. The highest BCUT2D eigenvalue weighted by molar-refractivity contribution is 7.84.